The van der Waals surface area contributed by atoms with E-state index in [4.69, 9.17) is 0 Å². The summed E-state index contributed by atoms with van der Waals surface area (Å²) in [5.41, 5.74) is 0. The largest absolute Gasteiger partial charge is 0.315 e. The molecule has 0 fully saturated rings. The van der Waals surface area contributed by atoms with Crippen molar-refractivity contribution >= 4 is 34.0 Å². The lowest BCUT2D eigenvalue weighted by molar-refractivity contribution is 0.965. The maximum absolute atomic E-state index is 4.30. The molecule has 84 valence electrons. The van der Waals surface area contributed by atoms with Crippen LogP contribution in [0.2, 0.25) is 0 Å². The second-order valence-electron chi connectivity index (χ2n) is 2.91. The summed E-state index contributed by atoms with van der Waals surface area (Å²) < 4.78 is 0. The molecule has 0 aliphatic carbocycles. The van der Waals surface area contributed by atoms with E-state index in [2.05, 4.69) is 32.4 Å². The maximum Gasteiger partial charge on any atom is 0.211 e. The topological polar surface area (TPSA) is 63.6 Å². The van der Waals surface area contributed by atoms with Crippen molar-refractivity contribution in [2.75, 3.05) is 11.6 Å². The minimum Gasteiger partial charge on any atom is -0.315 e. The first kappa shape index (κ1) is 11.3. The van der Waals surface area contributed by atoms with Crippen LogP contribution in [0.15, 0.2) is 17.4 Å². The Morgan fingerprint density at radius 2 is 2.31 bits per heavy atom. The Labute approximate surface area is 102 Å². The third kappa shape index (κ3) is 2.67. The van der Waals surface area contributed by atoms with Gasteiger partial charge in [0.1, 0.15) is 10.8 Å². The Hall–Kier alpha value is -1.21. The van der Waals surface area contributed by atoms with Gasteiger partial charge in [-0.05, 0) is 18.7 Å². The normalized spacial score (nSPS) is 10.4. The molecule has 0 aliphatic rings. The van der Waals surface area contributed by atoms with Crippen LogP contribution < -0.4 is 5.32 Å². The fourth-order valence-corrected chi connectivity index (χ4v) is 2.11. The van der Waals surface area contributed by atoms with E-state index in [1.807, 2.05) is 12.3 Å². The molecular formula is C9H11N5S2. The molecule has 0 spiro atoms. The first-order valence-electron chi connectivity index (χ1n) is 4.78. The second-order valence-corrected chi connectivity index (χ2v) is 4.74. The van der Waals surface area contributed by atoms with E-state index < -0.39 is 0 Å². The number of anilines is 2. The lowest BCUT2D eigenvalue weighted by Gasteiger charge is -2.01. The highest BCUT2D eigenvalue weighted by atomic mass is 32.2. The van der Waals surface area contributed by atoms with Crippen LogP contribution in [0.1, 0.15) is 11.9 Å². The molecule has 16 heavy (non-hydrogen) atoms. The number of rotatable bonds is 4. The maximum atomic E-state index is 4.30. The van der Waals surface area contributed by atoms with Gasteiger partial charge in [0.2, 0.25) is 5.13 Å². The van der Waals surface area contributed by atoms with Gasteiger partial charge in [-0.2, -0.15) is 0 Å². The van der Waals surface area contributed by atoms with Crippen LogP contribution in [0.4, 0.5) is 10.9 Å². The van der Waals surface area contributed by atoms with E-state index in [0.29, 0.717) is 0 Å². The number of nitrogens with one attached hydrogen (secondary N) is 1. The number of nitrogens with zero attached hydrogens (tertiary/aromatic N) is 4. The molecule has 1 N–H and O–H groups in total. The van der Waals surface area contributed by atoms with Gasteiger partial charge in [0, 0.05) is 6.20 Å². The highest BCUT2D eigenvalue weighted by molar-refractivity contribution is 7.98. The monoisotopic (exact) mass is 253 g/mol. The van der Waals surface area contributed by atoms with E-state index in [9.17, 15) is 0 Å². The van der Waals surface area contributed by atoms with Crippen LogP contribution >= 0.6 is 23.1 Å². The summed E-state index contributed by atoms with van der Waals surface area (Å²) in [5.74, 6) is 0.748. The van der Waals surface area contributed by atoms with Gasteiger partial charge in [-0.15, -0.1) is 10.2 Å². The van der Waals surface area contributed by atoms with Crippen LogP contribution in [0.3, 0.4) is 0 Å². The predicted molar refractivity (Wildman–Crippen MR) is 66.4 cm³/mol. The number of aromatic nitrogens is 4. The number of aryl methyl sites for hydroxylation is 1. The zero-order valence-electron chi connectivity index (χ0n) is 8.97. The van der Waals surface area contributed by atoms with Gasteiger partial charge in [0.25, 0.3) is 0 Å². The van der Waals surface area contributed by atoms with Crippen LogP contribution in [0.25, 0.3) is 0 Å². The number of hydrogen-bond acceptors (Lipinski definition) is 7. The van der Waals surface area contributed by atoms with Crippen molar-refractivity contribution in [3.05, 3.63) is 17.3 Å². The SMILES string of the molecule is CCc1nnc(Nc2ccnc(SC)n2)s1. The Kier molecular flexibility index (Phi) is 3.68. The zero-order valence-corrected chi connectivity index (χ0v) is 10.6. The van der Waals surface area contributed by atoms with Crippen molar-refractivity contribution < 1.29 is 0 Å². The molecule has 0 aromatic carbocycles. The molecule has 0 aliphatic heterocycles. The zero-order chi connectivity index (χ0) is 11.4. The van der Waals surface area contributed by atoms with Gasteiger partial charge in [0.05, 0.1) is 0 Å². The van der Waals surface area contributed by atoms with Gasteiger partial charge >= 0.3 is 0 Å². The molecule has 0 saturated carbocycles. The van der Waals surface area contributed by atoms with Gasteiger partial charge in [-0.3, -0.25) is 0 Å². The molecular weight excluding hydrogens is 242 g/mol. The highest BCUT2D eigenvalue weighted by Gasteiger charge is 2.04. The summed E-state index contributed by atoms with van der Waals surface area (Å²) in [7, 11) is 0. The smallest absolute Gasteiger partial charge is 0.211 e. The molecule has 0 amide bonds. The van der Waals surface area contributed by atoms with E-state index in [1.54, 1.807) is 17.5 Å². The third-order valence-electron chi connectivity index (χ3n) is 1.82. The Morgan fingerprint density at radius 3 is 3.00 bits per heavy atom. The molecule has 0 radical (unpaired) electrons. The van der Waals surface area contributed by atoms with Crippen molar-refractivity contribution in [2.45, 2.75) is 18.5 Å². The summed E-state index contributed by atoms with van der Waals surface area (Å²) in [6.45, 7) is 2.06. The molecule has 2 aromatic rings. The van der Waals surface area contributed by atoms with Crippen LogP contribution in [-0.4, -0.2) is 26.4 Å². The molecule has 0 atom stereocenters. The standard InChI is InChI=1S/C9H11N5S2/c1-3-7-13-14-9(16-7)12-6-4-5-10-8(11-6)15-2/h4-5H,3H2,1-2H3,(H,10,11,12,14). The van der Waals surface area contributed by atoms with Gasteiger partial charge in [-0.25, -0.2) is 9.97 Å². The first-order chi connectivity index (χ1) is 7.81. The van der Waals surface area contributed by atoms with Crippen molar-refractivity contribution in [2.24, 2.45) is 0 Å². The minimum atomic E-state index is 0.741. The quantitative estimate of drug-likeness (QED) is 0.666. The molecule has 2 aromatic heterocycles. The molecule has 0 saturated heterocycles. The number of thioether (sulfide) groups is 1. The molecule has 0 unspecified atom stereocenters. The van der Waals surface area contributed by atoms with Crippen molar-refractivity contribution in [1.29, 1.82) is 0 Å². The summed E-state index contributed by atoms with van der Waals surface area (Å²) >= 11 is 3.05. The average molecular weight is 253 g/mol. The van der Waals surface area contributed by atoms with Crippen LogP contribution in [-0.2, 0) is 6.42 Å². The first-order valence-corrected chi connectivity index (χ1v) is 6.82. The van der Waals surface area contributed by atoms with Crippen molar-refractivity contribution in [3.63, 3.8) is 0 Å². The van der Waals surface area contributed by atoms with E-state index >= 15 is 0 Å². The summed E-state index contributed by atoms with van der Waals surface area (Å²) in [6, 6.07) is 1.81. The Morgan fingerprint density at radius 1 is 1.44 bits per heavy atom. The molecule has 2 rings (SSSR count). The minimum absolute atomic E-state index is 0.741. The number of hydrogen-bond donors (Lipinski definition) is 1. The lowest BCUT2D eigenvalue weighted by Crippen LogP contribution is -1.95. The van der Waals surface area contributed by atoms with Crippen LogP contribution in [0.5, 0.6) is 0 Å². The third-order valence-corrected chi connectivity index (χ3v) is 3.37. The fourth-order valence-electron chi connectivity index (χ4n) is 1.07. The second kappa shape index (κ2) is 5.22. The van der Waals surface area contributed by atoms with E-state index in [-0.39, 0.29) is 0 Å². The Bertz CT molecular complexity index is 470. The van der Waals surface area contributed by atoms with Gasteiger partial charge in [0.15, 0.2) is 5.16 Å². The fraction of sp³-hybridized carbons (Fsp3) is 0.333. The molecule has 2 heterocycles. The van der Waals surface area contributed by atoms with Crippen LogP contribution in [0, 0.1) is 0 Å². The highest BCUT2D eigenvalue weighted by Crippen LogP contribution is 2.20. The summed E-state index contributed by atoms with van der Waals surface area (Å²) in [5, 5.41) is 13.7. The lowest BCUT2D eigenvalue weighted by atomic mass is 10.5. The van der Waals surface area contributed by atoms with Gasteiger partial charge < -0.3 is 5.32 Å². The summed E-state index contributed by atoms with van der Waals surface area (Å²) in [4.78, 5) is 8.40. The summed E-state index contributed by atoms with van der Waals surface area (Å²) in [6.07, 6.45) is 4.57. The average Bonchev–Trinajstić information content (AvgIpc) is 2.77. The van der Waals surface area contributed by atoms with Crippen molar-refractivity contribution in [3.8, 4) is 0 Å². The Balaban J connectivity index is 2.13. The van der Waals surface area contributed by atoms with E-state index in [1.165, 1.54) is 11.8 Å². The molecule has 7 heteroatoms. The predicted octanol–water partition coefficient (Wildman–Crippen LogP) is 2.36. The molecule has 0 bridgehead atoms. The molecule has 5 nitrogen and oxygen atoms in total. The van der Waals surface area contributed by atoms with E-state index in [0.717, 1.165) is 27.5 Å². The van der Waals surface area contributed by atoms with Crippen molar-refractivity contribution in [1.82, 2.24) is 20.2 Å². The van der Waals surface area contributed by atoms with Gasteiger partial charge in [-0.1, -0.05) is 30.0 Å².